The van der Waals surface area contributed by atoms with E-state index in [1.165, 1.54) is 31.2 Å². The minimum atomic E-state index is 0.367. The summed E-state index contributed by atoms with van der Waals surface area (Å²) in [5, 5.41) is 6.99. The first-order chi connectivity index (χ1) is 12.8. The first-order valence-electron chi connectivity index (χ1n) is 10.0. The highest BCUT2D eigenvalue weighted by Crippen LogP contribution is 2.16. The van der Waals surface area contributed by atoms with Gasteiger partial charge in [-0.05, 0) is 43.2 Å². The molecule has 142 valence electrons. The number of hydrogen-bond acceptors (Lipinski definition) is 3. The Morgan fingerprint density at radius 1 is 0.846 bits per heavy atom. The topological polar surface area (TPSA) is 33.3 Å². The van der Waals surface area contributed by atoms with E-state index in [4.69, 9.17) is 4.74 Å². The van der Waals surface area contributed by atoms with Crippen molar-refractivity contribution in [1.82, 2.24) is 5.32 Å². The molecule has 0 amide bonds. The molecule has 0 aliphatic heterocycles. The molecule has 0 radical (unpaired) electrons. The van der Waals surface area contributed by atoms with Crippen molar-refractivity contribution in [3.05, 3.63) is 60.2 Å². The lowest BCUT2D eigenvalue weighted by molar-refractivity contribution is 0.304. The second-order valence-electron chi connectivity index (χ2n) is 6.80. The van der Waals surface area contributed by atoms with E-state index in [0.29, 0.717) is 6.04 Å². The van der Waals surface area contributed by atoms with Gasteiger partial charge in [-0.25, -0.2) is 0 Å². The van der Waals surface area contributed by atoms with Gasteiger partial charge >= 0.3 is 0 Å². The Kier molecular flexibility index (Phi) is 9.66. The molecule has 2 aromatic rings. The molecule has 0 aliphatic carbocycles. The van der Waals surface area contributed by atoms with Crippen molar-refractivity contribution in [3.8, 4) is 5.75 Å². The van der Waals surface area contributed by atoms with E-state index in [1.54, 1.807) is 0 Å². The number of anilines is 1. The van der Waals surface area contributed by atoms with Crippen LogP contribution < -0.4 is 15.4 Å². The van der Waals surface area contributed by atoms with Crippen LogP contribution in [-0.2, 0) is 0 Å². The number of nitrogens with one attached hydrogen (secondary N) is 2. The summed E-state index contributed by atoms with van der Waals surface area (Å²) in [5.41, 5.74) is 2.46. The Morgan fingerprint density at radius 3 is 2.31 bits per heavy atom. The van der Waals surface area contributed by atoms with Crippen LogP contribution in [0.2, 0.25) is 0 Å². The van der Waals surface area contributed by atoms with Gasteiger partial charge in [-0.15, -0.1) is 0 Å². The van der Waals surface area contributed by atoms with E-state index in [2.05, 4.69) is 66.9 Å². The molecule has 1 atom stereocenters. The predicted molar refractivity (Wildman–Crippen MR) is 112 cm³/mol. The fraction of sp³-hybridized carbons (Fsp3) is 0.478. The van der Waals surface area contributed by atoms with E-state index in [9.17, 15) is 0 Å². The molecule has 0 aliphatic rings. The Balaban J connectivity index is 1.58. The molecule has 2 N–H and O–H groups in total. The van der Waals surface area contributed by atoms with Gasteiger partial charge in [0, 0.05) is 24.8 Å². The SMILES string of the molecule is CCCCCCCOc1ccc(NCCNC(C)c2ccccc2)cc1. The van der Waals surface area contributed by atoms with E-state index < -0.39 is 0 Å². The summed E-state index contributed by atoms with van der Waals surface area (Å²) in [6.07, 6.45) is 6.35. The minimum Gasteiger partial charge on any atom is -0.494 e. The highest BCUT2D eigenvalue weighted by Gasteiger charge is 2.02. The number of unbranched alkanes of at least 4 members (excludes halogenated alkanes) is 4. The number of benzene rings is 2. The Hall–Kier alpha value is -2.00. The molecule has 0 fully saturated rings. The molecular formula is C23H34N2O. The zero-order chi connectivity index (χ0) is 18.5. The third-order valence-electron chi connectivity index (χ3n) is 4.58. The van der Waals surface area contributed by atoms with Gasteiger partial charge in [0.1, 0.15) is 5.75 Å². The van der Waals surface area contributed by atoms with E-state index in [0.717, 1.165) is 37.6 Å². The molecule has 3 heteroatoms. The van der Waals surface area contributed by atoms with Crippen molar-refractivity contribution >= 4 is 5.69 Å². The van der Waals surface area contributed by atoms with Crippen LogP contribution in [0.4, 0.5) is 5.69 Å². The van der Waals surface area contributed by atoms with Crippen molar-refractivity contribution in [3.63, 3.8) is 0 Å². The van der Waals surface area contributed by atoms with Crippen LogP contribution in [0.1, 0.15) is 57.6 Å². The molecule has 0 saturated heterocycles. The minimum absolute atomic E-state index is 0.367. The van der Waals surface area contributed by atoms with Crippen LogP contribution in [0, 0.1) is 0 Å². The van der Waals surface area contributed by atoms with Crippen LogP contribution in [0.3, 0.4) is 0 Å². The maximum absolute atomic E-state index is 5.81. The summed E-state index contributed by atoms with van der Waals surface area (Å²) < 4.78 is 5.81. The summed E-state index contributed by atoms with van der Waals surface area (Å²) in [5.74, 6) is 0.960. The van der Waals surface area contributed by atoms with Gasteiger partial charge in [-0.1, -0.05) is 62.9 Å². The van der Waals surface area contributed by atoms with Crippen LogP contribution in [0.15, 0.2) is 54.6 Å². The summed E-state index contributed by atoms with van der Waals surface area (Å²) >= 11 is 0. The summed E-state index contributed by atoms with van der Waals surface area (Å²) in [4.78, 5) is 0. The third-order valence-corrected chi connectivity index (χ3v) is 4.58. The maximum atomic E-state index is 5.81. The molecule has 0 spiro atoms. The molecule has 0 heterocycles. The van der Waals surface area contributed by atoms with Gasteiger partial charge in [-0.2, -0.15) is 0 Å². The lowest BCUT2D eigenvalue weighted by atomic mass is 10.1. The second kappa shape index (κ2) is 12.4. The van der Waals surface area contributed by atoms with E-state index >= 15 is 0 Å². The maximum Gasteiger partial charge on any atom is 0.119 e. The van der Waals surface area contributed by atoms with Gasteiger partial charge in [0.15, 0.2) is 0 Å². The monoisotopic (exact) mass is 354 g/mol. The Labute approximate surface area is 159 Å². The molecule has 3 nitrogen and oxygen atoms in total. The van der Waals surface area contributed by atoms with Gasteiger partial charge in [0.25, 0.3) is 0 Å². The average Bonchev–Trinajstić information content (AvgIpc) is 2.69. The quantitative estimate of drug-likeness (QED) is 0.446. The van der Waals surface area contributed by atoms with Gasteiger partial charge < -0.3 is 15.4 Å². The van der Waals surface area contributed by atoms with Crippen molar-refractivity contribution in [2.24, 2.45) is 0 Å². The normalized spacial score (nSPS) is 11.9. The van der Waals surface area contributed by atoms with Crippen LogP contribution in [0.25, 0.3) is 0 Å². The lowest BCUT2D eigenvalue weighted by Gasteiger charge is -2.15. The van der Waals surface area contributed by atoms with Crippen LogP contribution >= 0.6 is 0 Å². The molecular weight excluding hydrogens is 320 g/mol. The van der Waals surface area contributed by atoms with Crippen molar-refractivity contribution in [1.29, 1.82) is 0 Å². The van der Waals surface area contributed by atoms with Gasteiger partial charge in [-0.3, -0.25) is 0 Å². The summed E-state index contributed by atoms with van der Waals surface area (Å²) in [6.45, 7) is 7.08. The highest BCUT2D eigenvalue weighted by atomic mass is 16.5. The predicted octanol–water partition coefficient (Wildman–Crippen LogP) is 5.80. The average molecular weight is 355 g/mol. The van der Waals surface area contributed by atoms with Crippen molar-refractivity contribution in [2.45, 2.75) is 52.0 Å². The molecule has 0 bridgehead atoms. The Bertz CT molecular complexity index is 583. The molecule has 0 saturated carbocycles. The number of ether oxygens (including phenoxy) is 1. The van der Waals surface area contributed by atoms with Gasteiger partial charge in [0.2, 0.25) is 0 Å². The first-order valence-corrected chi connectivity index (χ1v) is 10.0. The third kappa shape index (κ3) is 7.92. The smallest absolute Gasteiger partial charge is 0.119 e. The fourth-order valence-corrected chi connectivity index (χ4v) is 2.92. The summed E-state index contributed by atoms with van der Waals surface area (Å²) in [7, 11) is 0. The van der Waals surface area contributed by atoms with Gasteiger partial charge in [0.05, 0.1) is 6.61 Å². The Morgan fingerprint density at radius 2 is 1.58 bits per heavy atom. The lowest BCUT2D eigenvalue weighted by Crippen LogP contribution is -2.25. The van der Waals surface area contributed by atoms with Crippen LogP contribution in [0.5, 0.6) is 5.75 Å². The first kappa shape index (κ1) is 20.3. The molecule has 2 rings (SSSR count). The number of hydrogen-bond donors (Lipinski definition) is 2. The van der Waals surface area contributed by atoms with Crippen molar-refractivity contribution < 1.29 is 4.74 Å². The van der Waals surface area contributed by atoms with E-state index in [-0.39, 0.29) is 0 Å². The van der Waals surface area contributed by atoms with Crippen molar-refractivity contribution in [2.75, 3.05) is 25.0 Å². The largest absolute Gasteiger partial charge is 0.494 e. The standard InChI is InChI=1S/C23H34N2O/c1-3-4-5-6-10-19-26-23-15-13-22(14-16-23)25-18-17-24-20(2)21-11-8-7-9-12-21/h7-9,11-16,20,24-25H,3-6,10,17-19H2,1-2H3. The molecule has 2 aromatic carbocycles. The second-order valence-corrected chi connectivity index (χ2v) is 6.80. The molecule has 26 heavy (non-hydrogen) atoms. The van der Waals surface area contributed by atoms with E-state index in [1.807, 2.05) is 12.1 Å². The zero-order valence-electron chi connectivity index (χ0n) is 16.3. The molecule has 1 unspecified atom stereocenters. The van der Waals surface area contributed by atoms with Crippen LogP contribution in [-0.4, -0.2) is 19.7 Å². The highest BCUT2D eigenvalue weighted by molar-refractivity contribution is 5.46. The molecule has 0 aromatic heterocycles. The summed E-state index contributed by atoms with van der Waals surface area (Å²) in [6, 6.07) is 19.2. The number of rotatable bonds is 13. The fourth-order valence-electron chi connectivity index (χ4n) is 2.92. The zero-order valence-corrected chi connectivity index (χ0v) is 16.3.